The Morgan fingerprint density at radius 1 is 1.37 bits per heavy atom. The van der Waals surface area contributed by atoms with Gasteiger partial charge in [0.15, 0.2) is 5.16 Å². The molecule has 0 radical (unpaired) electrons. The summed E-state index contributed by atoms with van der Waals surface area (Å²) in [7, 11) is 0. The molecule has 19 heavy (non-hydrogen) atoms. The van der Waals surface area contributed by atoms with Gasteiger partial charge >= 0.3 is 5.69 Å². The van der Waals surface area contributed by atoms with Crippen LogP contribution in [0.3, 0.4) is 0 Å². The van der Waals surface area contributed by atoms with Crippen molar-refractivity contribution in [3.8, 4) is 0 Å². The number of H-pyrrole nitrogens is 2. The van der Waals surface area contributed by atoms with E-state index in [1.165, 1.54) is 31.0 Å². The summed E-state index contributed by atoms with van der Waals surface area (Å²) in [5.41, 5.74) is -0.330. The van der Waals surface area contributed by atoms with E-state index in [9.17, 15) is 9.59 Å². The predicted molar refractivity (Wildman–Crippen MR) is 72.0 cm³/mol. The molecule has 0 aliphatic heterocycles. The molecule has 2 fully saturated rings. The van der Waals surface area contributed by atoms with Crippen LogP contribution in [-0.2, 0) is 4.79 Å². The first-order chi connectivity index (χ1) is 9.22. The molecular formula is C12H18N4O2S. The second-order valence-corrected chi connectivity index (χ2v) is 6.31. The lowest BCUT2D eigenvalue weighted by molar-refractivity contribution is -0.132. The number of nitrogens with zero attached hydrogens (tertiary/aromatic N) is 2. The van der Waals surface area contributed by atoms with Gasteiger partial charge in [-0.25, -0.2) is 9.89 Å². The van der Waals surface area contributed by atoms with Crippen molar-refractivity contribution in [2.75, 3.05) is 12.3 Å². The van der Waals surface area contributed by atoms with Crippen LogP contribution in [-0.4, -0.2) is 44.3 Å². The predicted octanol–water partition coefficient (Wildman–Crippen LogP) is 0.981. The van der Waals surface area contributed by atoms with Crippen molar-refractivity contribution < 1.29 is 4.79 Å². The number of aromatic nitrogens is 3. The standard InChI is InChI=1S/C12H18N4O2S/c17-10(7-19-12-13-11(18)14-15-12)16(6-8-4-5-8)9-2-1-3-9/h8-9H,1-7H2,(H2,13,14,15,18). The summed E-state index contributed by atoms with van der Waals surface area (Å²) in [6.45, 7) is 0.918. The van der Waals surface area contributed by atoms with Gasteiger partial charge in [0.25, 0.3) is 0 Å². The molecule has 0 saturated heterocycles. The Bertz CT molecular complexity index is 504. The van der Waals surface area contributed by atoms with Crippen molar-refractivity contribution in [3.05, 3.63) is 10.5 Å². The lowest BCUT2D eigenvalue weighted by atomic mass is 9.91. The van der Waals surface area contributed by atoms with Crippen molar-refractivity contribution in [2.45, 2.75) is 43.3 Å². The topological polar surface area (TPSA) is 81.8 Å². The average Bonchev–Trinajstić information content (AvgIpc) is 3.04. The fourth-order valence-corrected chi connectivity index (χ4v) is 2.97. The summed E-state index contributed by atoms with van der Waals surface area (Å²) < 4.78 is 0. The highest BCUT2D eigenvalue weighted by molar-refractivity contribution is 7.99. The SMILES string of the molecule is O=C(CSc1n[nH]c(=O)[nH]1)N(CC1CC1)C1CCC1. The van der Waals surface area contributed by atoms with E-state index >= 15 is 0 Å². The van der Waals surface area contributed by atoms with Crippen LogP contribution in [0.25, 0.3) is 0 Å². The number of hydrogen-bond donors (Lipinski definition) is 2. The number of carbonyl (C=O) groups is 1. The molecule has 2 aliphatic carbocycles. The minimum Gasteiger partial charge on any atom is -0.339 e. The Hall–Kier alpha value is -1.24. The quantitative estimate of drug-likeness (QED) is 0.762. The summed E-state index contributed by atoms with van der Waals surface area (Å²) >= 11 is 1.29. The molecule has 6 nitrogen and oxygen atoms in total. The maximum absolute atomic E-state index is 12.3. The number of nitrogens with one attached hydrogen (secondary N) is 2. The molecule has 0 spiro atoms. The van der Waals surface area contributed by atoms with E-state index in [0.29, 0.717) is 17.0 Å². The van der Waals surface area contributed by atoms with Gasteiger partial charge in [0.2, 0.25) is 5.91 Å². The fourth-order valence-electron chi connectivity index (χ4n) is 2.27. The van der Waals surface area contributed by atoms with Gasteiger partial charge in [-0.15, -0.1) is 5.10 Å². The van der Waals surface area contributed by atoms with Crippen LogP contribution in [0, 0.1) is 5.92 Å². The number of thioether (sulfide) groups is 1. The Labute approximate surface area is 115 Å². The minimum absolute atomic E-state index is 0.172. The Balaban J connectivity index is 1.54. The van der Waals surface area contributed by atoms with Gasteiger partial charge < -0.3 is 4.90 Å². The molecular weight excluding hydrogens is 264 g/mol. The van der Waals surface area contributed by atoms with Gasteiger partial charge in [-0.1, -0.05) is 11.8 Å². The molecule has 0 aromatic carbocycles. The third-order valence-electron chi connectivity index (χ3n) is 3.80. The first-order valence-electron chi connectivity index (χ1n) is 6.79. The highest BCUT2D eigenvalue weighted by atomic mass is 32.2. The summed E-state index contributed by atoms with van der Waals surface area (Å²) in [5.74, 6) is 1.24. The normalized spacial score (nSPS) is 19.2. The molecule has 104 valence electrons. The van der Waals surface area contributed by atoms with E-state index in [0.717, 1.165) is 25.3 Å². The Kier molecular flexibility index (Phi) is 3.63. The number of carbonyl (C=O) groups excluding carboxylic acids is 1. The molecule has 0 atom stereocenters. The van der Waals surface area contributed by atoms with Gasteiger partial charge in [0.05, 0.1) is 5.75 Å². The van der Waals surface area contributed by atoms with Gasteiger partial charge in [-0.3, -0.25) is 9.78 Å². The summed E-state index contributed by atoms with van der Waals surface area (Å²) in [6.07, 6.45) is 6.04. The first-order valence-corrected chi connectivity index (χ1v) is 7.78. The molecule has 1 amide bonds. The van der Waals surface area contributed by atoms with Gasteiger partial charge in [0, 0.05) is 12.6 Å². The largest absolute Gasteiger partial charge is 0.341 e. The van der Waals surface area contributed by atoms with E-state index < -0.39 is 0 Å². The number of aromatic amines is 2. The Morgan fingerprint density at radius 3 is 2.68 bits per heavy atom. The zero-order valence-corrected chi connectivity index (χ0v) is 11.5. The van der Waals surface area contributed by atoms with E-state index in [4.69, 9.17) is 0 Å². The fraction of sp³-hybridized carbons (Fsp3) is 0.750. The number of hydrogen-bond acceptors (Lipinski definition) is 4. The van der Waals surface area contributed by atoms with Crippen LogP contribution in [0.15, 0.2) is 9.95 Å². The summed E-state index contributed by atoms with van der Waals surface area (Å²) in [6, 6.07) is 0.451. The van der Waals surface area contributed by atoms with Crippen molar-refractivity contribution in [1.82, 2.24) is 20.1 Å². The van der Waals surface area contributed by atoms with Crippen molar-refractivity contribution >= 4 is 17.7 Å². The number of rotatable bonds is 6. The summed E-state index contributed by atoms with van der Waals surface area (Å²) in [4.78, 5) is 27.8. The molecule has 2 saturated carbocycles. The first kappa shape index (κ1) is 12.8. The van der Waals surface area contributed by atoms with Crippen LogP contribution in [0.5, 0.6) is 0 Å². The molecule has 7 heteroatoms. The van der Waals surface area contributed by atoms with Crippen LogP contribution in [0.2, 0.25) is 0 Å². The van der Waals surface area contributed by atoms with Gasteiger partial charge in [-0.05, 0) is 38.0 Å². The molecule has 0 unspecified atom stereocenters. The zero-order chi connectivity index (χ0) is 13.2. The molecule has 0 bridgehead atoms. The summed E-state index contributed by atoms with van der Waals surface area (Å²) in [5, 5.41) is 6.59. The monoisotopic (exact) mass is 282 g/mol. The third kappa shape index (κ3) is 3.20. The highest BCUT2D eigenvalue weighted by Gasteiger charge is 2.33. The van der Waals surface area contributed by atoms with Gasteiger partial charge in [-0.2, -0.15) is 0 Å². The van der Waals surface area contributed by atoms with Crippen LogP contribution in [0.4, 0.5) is 0 Å². The molecule has 2 N–H and O–H groups in total. The smallest absolute Gasteiger partial charge is 0.339 e. The lowest BCUT2D eigenvalue weighted by Gasteiger charge is -2.37. The van der Waals surface area contributed by atoms with Crippen molar-refractivity contribution in [3.63, 3.8) is 0 Å². The third-order valence-corrected chi connectivity index (χ3v) is 4.66. The zero-order valence-electron chi connectivity index (χ0n) is 10.7. The van der Waals surface area contributed by atoms with Crippen molar-refractivity contribution in [2.24, 2.45) is 5.92 Å². The lowest BCUT2D eigenvalue weighted by Crippen LogP contribution is -2.46. The molecule has 1 aromatic heterocycles. The second-order valence-electron chi connectivity index (χ2n) is 5.35. The van der Waals surface area contributed by atoms with Crippen LogP contribution in [0.1, 0.15) is 32.1 Å². The molecule has 3 rings (SSSR count). The molecule has 1 heterocycles. The van der Waals surface area contributed by atoms with Crippen LogP contribution < -0.4 is 5.69 Å². The van der Waals surface area contributed by atoms with E-state index in [2.05, 4.69) is 20.1 Å². The van der Waals surface area contributed by atoms with Crippen LogP contribution >= 0.6 is 11.8 Å². The van der Waals surface area contributed by atoms with E-state index in [1.54, 1.807) is 0 Å². The van der Waals surface area contributed by atoms with E-state index in [1.807, 2.05) is 0 Å². The highest BCUT2D eigenvalue weighted by Crippen LogP contribution is 2.34. The average molecular weight is 282 g/mol. The minimum atomic E-state index is -0.330. The maximum Gasteiger partial charge on any atom is 0.341 e. The molecule has 2 aliphatic rings. The van der Waals surface area contributed by atoms with Gasteiger partial charge in [0.1, 0.15) is 0 Å². The number of amides is 1. The molecule has 1 aromatic rings. The second kappa shape index (κ2) is 5.40. The maximum atomic E-state index is 12.3. The van der Waals surface area contributed by atoms with E-state index in [-0.39, 0.29) is 11.6 Å². The van der Waals surface area contributed by atoms with Crippen molar-refractivity contribution in [1.29, 1.82) is 0 Å². The Morgan fingerprint density at radius 2 is 2.16 bits per heavy atom.